The highest BCUT2D eigenvalue weighted by atomic mass is 16.5. The summed E-state index contributed by atoms with van der Waals surface area (Å²) in [5.41, 5.74) is 0. The number of hydrogen-bond donors (Lipinski definition) is 0. The number of hydrogen-bond acceptors (Lipinski definition) is 4. The van der Waals surface area contributed by atoms with Crippen LogP contribution in [0.2, 0.25) is 0 Å². The summed E-state index contributed by atoms with van der Waals surface area (Å²) in [6, 6.07) is 0.0497. The summed E-state index contributed by atoms with van der Waals surface area (Å²) in [5.74, 6) is -0.0236. The van der Waals surface area contributed by atoms with E-state index in [-0.39, 0.29) is 12.0 Å². The minimum atomic E-state index is -0.0236. The van der Waals surface area contributed by atoms with E-state index in [2.05, 4.69) is 16.8 Å². The van der Waals surface area contributed by atoms with Crippen molar-refractivity contribution in [1.82, 2.24) is 9.80 Å². The van der Waals surface area contributed by atoms with Crippen LogP contribution in [0.1, 0.15) is 6.42 Å². The fourth-order valence-electron chi connectivity index (χ4n) is 1.95. The second-order valence-electron chi connectivity index (χ2n) is 3.81. The van der Waals surface area contributed by atoms with Gasteiger partial charge in [0.05, 0.1) is 6.61 Å². The summed E-state index contributed by atoms with van der Waals surface area (Å²) in [6.07, 6.45) is 0.878. The van der Waals surface area contributed by atoms with Crippen LogP contribution in [-0.2, 0) is 9.53 Å². The van der Waals surface area contributed by atoms with E-state index < -0.39 is 0 Å². The molecule has 2 fully saturated rings. The Bertz CT molecular complexity index is 200. The normalized spacial score (nSPS) is 32.1. The smallest absolute Gasteiger partial charge is 0.323 e. The molecule has 0 amide bonds. The molecular weight excluding hydrogens is 168 g/mol. The molecule has 2 saturated heterocycles. The highest BCUT2D eigenvalue weighted by Gasteiger charge is 2.33. The second kappa shape index (κ2) is 3.64. The fraction of sp³-hybridized carbons (Fsp3) is 0.889. The highest BCUT2D eigenvalue weighted by molar-refractivity contribution is 5.77. The first-order valence-corrected chi connectivity index (χ1v) is 4.86. The molecule has 2 aliphatic heterocycles. The van der Waals surface area contributed by atoms with Crippen molar-refractivity contribution in [1.29, 1.82) is 0 Å². The molecule has 1 atom stereocenters. The topological polar surface area (TPSA) is 32.8 Å². The molecule has 0 aromatic carbocycles. The molecule has 74 valence electrons. The van der Waals surface area contributed by atoms with Gasteiger partial charge in [0, 0.05) is 32.6 Å². The predicted octanol–water partition coefficient (Wildman–Crippen LogP) is -0.451. The molecule has 1 unspecified atom stereocenters. The first-order chi connectivity index (χ1) is 6.27. The molecule has 0 bridgehead atoms. The lowest BCUT2D eigenvalue weighted by molar-refractivity contribution is -0.142. The third kappa shape index (κ3) is 1.84. The van der Waals surface area contributed by atoms with Crippen molar-refractivity contribution >= 4 is 5.97 Å². The number of likely N-dealkylation sites (N-methyl/N-ethyl adjacent to an activating group) is 1. The van der Waals surface area contributed by atoms with Crippen molar-refractivity contribution in [3.05, 3.63) is 0 Å². The number of carbonyl (C=O) groups is 1. The first kappa shape index (κ1) is 8.97. The average molecular weight is 184 g/mol. The first-order valence-electron chi connectivity index (χ1n) is 4.86. The maximum absolute atomic E-state index is 11.3. The molecule has 4 heteroatoms. The summed E-state index contributed by atoms with van der Waals surface area (Å²) < 4.78 is 4.95. The van der Waals surface area contributed by atoms with E-state index in [9.17, 15) is 4.79 Å². The zero-order valence-corrected chi connectivity index (χ0v) is 8.03. The van der Waals surface area contributed by atoms with Crippen LogP contribution in [0, 0.1) is 0 Å². The number of esters is 1. The van der Waals surface area contributed by atoms with Crippen LogP contribution in [0.3, 0.4) is 0 Å². The monoisotopic (exact) mass is 184 g/mol. The molecular formula is C9H16N2O2. The van der Waals surface area contributed by atoms with Gasteiger partial charge in [-0.1, -0.05) is 0 Å². The quantitative estimate of drug-likeness (QED) is 0.517. The second-order valence-corrected chi connectivity index (χ2v) is 3.81. The lowest BCUT2D eigenvalue weighted by Crippen LogP contribution is -2.50. The molecule has 0 spiro atoms. The van der Waals surface area contributed by atoms with E-state index in [4.69, 9.17) is 4.74 Å². The van der Waals surface area contributed by atoms with Crippen LogP contribution < -0.4 is 0 Å². The molecule has 0 saturated carbocycles. The highest BCUT2D eigenvalue weighted by Crippen LogP contribution is 2.15. The van der Waals surface area contributed by atoms with E-state index in [1.807, 2.05) is 0 Å². The molecule has 2 rings (SSSR count). The molecule has 0 N–H and O–H groups in total. The van der Waals surface area contributed by atoms with Gasteiger partial charge < -0.3 is 9.64 Å². The predicted molar refractivity (Wildman–Crippen MR) is 48.4 cm³/mol. The van der Waals surface area contributed by atoms with Crippen molar-refractivity contribution < 1.29 is 9.53 Å². The maximum Gasteiger partial charge on any atom is 0.323 e. The minimum absolute atomic E-state index is 0.0236. The van der Waals surface area contributed by atoms with Gasteiger partial charge in [-0.2, -0.15) is 0 Å². The summed E-state index contributed by atoms with van der Waals surface area (Å²) in [6.45, 7) is 4.72. The molecule has 0 radical (unpaired) electrons. The van der Waals surface area contributed by atoms with E-state index in [0.717, 1.165) is 32.6 Å². The van der Waals surface area contributed by atoms with Crippen molar-refractivity contribution in [2.75, 3.05) is 39.8 Å². The van der Waals surface area contributed by atoms with E-state index in [0.29, 0.717) is 6.61 Å². The molecule has 2 aliphatic rings. The molecule has 0 aliphatic carbocycles. The summed E-state index contributed by atoms with van der Waals surface area (Å²) in [7, 11) is 2.12. The van der Waals surface area contributed by atoms with Gasteiger partial charge in [0.2, 0.25) is 0 Å². The van der Waals surface area contributed by atoms with Gasteiger partial charge in [-0.3, -0.25) is 9.69 Å². The molecule has 0 aromatic rings. The van der Waals surface area contributed by atoms with Gasteiger partial charge in [-0.05, 0) is 7.05 Å². The summed E-state index contributed by atoms with van der Waals surface area (Å²) in [4.78, 5) is 15.8. The average Bonchev–Trinajstić information content (AvgIpc) is 2.53. The Morgan fingerprint density at radius 1 is 1.31 bits per heavy atom. The summed E-state index contributed by atoms with van der Waals surface area (Å²) >= 11 is 0. The molecule has 13 heavy (non-hydrogen) atoms. The zero-order valence-electron chi connectivity index (χ0n) is 8.03. The largest absolute Gasteiger partial charge is 0.464 e. The Morgan fingerprint density at radius 2 is 2.00 bits per heavy atom. The number of cyclic esters (lactones) is 1. The third-order valence-electron chi connectivity index (χ3n) is 2.89. The maximum atomic E-state index is 11.3. The Morgan fingerprint density at radius 3 is 2.54 bits per heavy atom. The van der Waals surface area contributed by atoms with Crippen molar-refractivity contribution in [3.63, 3.8) is 0 Å². The van der Waals surface area contributed by atoms with Crippen molar-refractivity contribution in [3.8, 4) is 0 Å². The van der Waals surface area contributed by atoms with Crippen molar-refractivity contribution in [2.24, 2.45) is 0 Å². The Balaban J connectivity index is 1.90. The minimum Gasteiger partial charge on any atom is -0.464 e. The lowest BCUT2D eigenvalue weighted by Gasteiger charge is -2.34. The van der Waals surface area contributed by atoms with Crippen LogP contribution in [-0.4, -0.2) is 61.6 Å². The van der Waals surface area contributed by atoms with Gasteiger partial charge in [0.15, 0.2) is 0 Å². The lowest BCUT2D eigenvalue weighted by atomic mass is 10.2. The van der Waals surface area contributed by atoms with E-state index >= 15 is 0 Å². The van der Waals surface area contributed by atoms with E-state index in [1.165, 1.54) is 0 Å². The number of rotatable bonds is 1. The third-order valence-corrected chi connectivity index (χ3v) is 2.89. The summed E-state index contributed by atoms with van der Waals surface area (Å²) in [5, 5.41) is 0. The molecule has 2 heterocycles. The van der Waals surface area contributed by atoms with Crippen LogP contribution in [0.5, 0.6) is 0 Å². The number of piperazine rings is 1. The van der Waals surface area contributed by atoms with Crippen LogP contribution in [0.4, 0.5) is 0 Å². The van der Waals surface area contributed by atoms with Crippen molar-refractivity contribution in [2.45, 2.75) is 12.5 Å². The Hall–Kier alpha value is -0.610. The van der Waals surface area contributed by atoms with Gasteiger partial charge >= 0.3 is 5.97 Å². The standard InChI is InChI=1S/C9H16N2O2/c1-10-3-5-11(6-4-10)8-2-7-13-9(8)12/h8H,2-7H2,1H3. The number of carbonyl (C=O) groups excluding carboxylic acids is 1. The van der Waals surface area contributed by atoms with Crippen LogP contribution >= 0.6 is 0 Å². The van der Waals surface area contributed by atoms with Gasteiger partial charge in [-0.25, -0.2) is 0 Å². The van der Waals surface area contributed by atoms with E-state index in [1.54, 1.807) is 0 Å². The Kier molecular flexibility index (Phi) is 2.51. The number of ether oxygens (including phenoxy) is 1. The van der Waals surface area contributed by atoms with Gasteiger partial charge in [0.1, 0.15) is 6.04 Å². The fourth-order valence-corrected chi connectivity index (χ4v) is 1.95. The van der Waals surface area contributed by atoms with Crippen LogP contribution in [0.25, 0.3) is 0 Å². The Labute approximate surface area is 78.4 Å². The molecule has 4 nitrogen and oxygen atoms in total. The SMILES string of the molecule is CN1CCN(C2CCOC2=O)CC1. The van der Waals surface area contributed by atoms with Crippen LogP contribution in [0.15, 0.2) is 0 Å². The molecule has 0 aromatic heterocycles. The van der Waals surface area contributed by atoms with Gasteiger partial charge in [-0.15, -0.1) is 0 Å². The zero-order chi connectivity index (χ0) is 9.26. The van der Waals surface area contributed by atoms with Gasteiger partial charge in [0.25, 0.3) is 0 Å². The number of nitrogens with zero attached hydrogens (tertiary/aromatic N) is 2.